The van der Waals surface area contributed by atoms with Gasteiger partial charge in [0, 0.05) is 11.3 Å². The highest BCUT2D eigenvalue weighted by Crippen LogP contribution is 2.24. The summed E-state index contributed by atoms with van der Waals surface area (Å²) in [5.41, 5.74) is 1.34. The minimum absolute atomic E-state index is 0.107. The third-order valence-corrected chi connectivity index (χ3v) is 5.25. The van der Waals surface area contributed by atoms with E-state index in [0.29, 0.717) is 16.5 Å². The van der Waals surface area contributed by atoms with E-state index in [9.17, 15) is 9.18 Å². The molecule has 0 radical (unpaired) electrons. The van der Waals surface area contributed by atoms with Crippen molar-refractivity contribution in [2.24, 2.45) is 0 Å². The number of thioether (sulfide) groups is 1. The maximum absolute atomic E-state index is 13.1. The Morgan fingerprint density at radius 2 is 1.57 bits per heavy atom. The summed E-state index contributed by atoms with van der Waals surface area (Å²) < 4.78 is 20.8. The predicted molar refractivity (Wildman–Crippen MR) is 114 cm³/mol. The second kappa shape index (κ2) is 9.37. The summed E-state index contributed by atoms with van der Waals surface area (Å²) in [6, 6.07) is 24.7. The van der Waals surface area contributed by atoms with E-state index >= 15 is 0 Å². The molecule has 0 spiro atoms. The minimum Gasteiger partial charge on any atom is -0.486 e. The van der Waals surface area contributed by atoms with E-state index in [4.69, 9.17) is 4.74 Å². The lowest BCUT2D eigenvalue weighted by atomic mass is 10.1. The molecule has 7 heteroatoms. The van der Waals surface area contributed by atoms with Crippen LogP contribution in [-0.2, 0) is 6.61 Å². The van der Waals surface area contributed by atoms with Gasteiger partial charge in [0.15, 0.2) is 16.8 Å². The Morgan fingerprint density at radius 3 is 2.27 bits per heavy atom. The first kappa shape index (κ1) is 19.8. The number of rotatable bonds is 8. The highest BCUT2D eigenvalue weighted by atomic mass is 32.2. The smallest absolute Gasteiger partial charge is 0.196 e. The number of carbonyl (C=O) groups excluding carboxylic acids is 1. The summed E-state index contributed by atoms with van der Waals surface area (Å²) >= 11 is 1.28. The Balaban J connectivity index is 1.54. The summed E-state index contributed by atoms with van der Waals surface area (Å²) in [6.45, 7) is 0.235. The lowest BCUT2D eigenvalue weighted by Crippen LogP contribution is -2.08. The minimum atomic E-state index is -0.369. The van der Waals surface area contributed by atoms with Crippen molar-refractivity contribution in [1.29, 1.82) is 0 Å². The van der Waals surface area contributed by atoms with Gasteiger partial charge in [-0.05, 0) is 48.5 Å². The highest BCUT2D eigenvalue weighted by Gasteiger charge is 2.17. The van der Waals surface area contributed by atoms with Gasteiger partial charge in [0.1, 0.15) is 18.2 Å². The van der Waals surface area contributed by atoms with Crippen molar-refractivity contribution in [1.82, 2.24) is 14.8 Å². The summed E-state index contributed by atoms with van der Waals surface area (Å²) in [5.74, 6) is 1.05. The van der Waals surface area contributed by atoms with Crippen LogP contribution in [0.3, 0.4) is 0 Å². The van der Waals surface area contributed by atoms with Crippen molar-refractivity contribution in [3.63, 3.8) is 0 Å². The first-order chi connectivity index (χ1) is 14.7. The van der Waals surface area contributed by atoms with Gasteiger partial charge in [0.25, 0.3) is 0 Å². The molecule has 0 aliphatic heterocycles. The first-order valence-corrected chi connectivity index (χ1v) is 10.3. The number of aromatic nitrogens is 3. The van der Waals surface area contributed by atoms with Gasteiger partial charge in [-0.3, -0.25) is 9.36 Å². The summed E-state index contributed by atoms with van der Waals surface area (Å²) in [4.78, 5) is 12.5. The Kier molecular flexibility index (Phi) is 6.20. The van der Waals surface area contributed by atoms with E-state index in [2.05, 4.69) is 10.2 Å². The average molecular weight is 419 g/mol. The number of ether oxygens (including phenoxy) is 1. The topological polar surface area (TPSA) is 57.0 Å². The normalized spacial score (nSPS) is 10.7. The van der Waals surface area contributed by atoms with E-state index < -0.39 is 0 Å². The molecule has 1 heterocycles. The number of nitrogens with zero attached hydrogens (tertiary/aromatic N) is 3. The molecule has 30 heavy (non-hydrogen) atoms. The van der Waals surface area contributed by atoms with Crippen molar-refractivity contribution in [2.45, 2.75) is 11.8 Å². The number of carbonyl (C=O) groups is 1. The van der Waals surface area contributed by atoms with Crippen molar-refractivity contribution in [2.75, 3.05) is 5.75 Å². The number of para-hydroxylation sites is 2. The molecule has 4 rings (SSSR count). The third kappa shape index (κ3) is 4.75. The standard InChI is InChI=1S/C23H18FN3O2S/c24-18-13-11-17(12-14-18)21(28)16-30-23-26-25-22(15-29-20-9-5-2-6-10-20)27(23)19-7-3-1-4-8-19/h1-14H,15-16H2. The van der Waals surface area contributed by atoms with Gasteiger partial charge in [-0.15, -0.1) is 10.2 Å². The van der Waals surface area contributed by atoms with Crippen LogP contribution in [0.4, 0.5) is 4.39 Å². The number of hydrogen-bond donors (Lipinski definition) is 0. The lowest BCUT2D eigenvalue weighted by molar-refractivity contribution is 0.102. The largest absolute Gasteiger partial charge is 0.486 e. The second-order valence-corrected chi connectivity index (χ2v) is 7.33. The van der Waals surface area contributed by atoms with Gasteiger partial charge in [-0.25, -0.2) is 4.39 Å². The van der Waals surface area contributed by atoms with Crippen LogP contribution in [0.25, 0.3) is 5.69 Å². The molecular weight excluding hydrogens is 401 g/mol. The van der Waals surface area contributed by atoms with Crippen LogP contribution in [0.2, 0.25) is 0 Å². The molecule has 5 nitrogen and oxygen atoms in total. The second-order valence-electron chi connectivity index (χ2n) is 6.39. The zero-order chi connectivity index (χ0) is 20.8. The van der Waals surface area contributed by atoms with E-state index in [0.717, 1.165) is 11.4 Å². The maximum atomic E-state index is 13.1. The lowest BCUT2D eigenvalue weighted by Gasteiger charge is -2.11. The van der Waals surface area contributed by atoms with E-state index in [1.807, 2.05) is 65.2 Å². The van der Waals surface area contributed by atoms with Crippen LogP contribution in [0.5, 0.6) is 5.75 Å². The molecule has 0 aliphatic rings. The van der Waals surface area contributed by atoms with Gasteiger partial charge in [0.2, 0.25) is 0 Å². The number of halogens is 1. The third-order valence-electron chi connectivity index (χ3n) is 4.32. The van der Waals surface area contributed by atoms with Crippen LogP contribution >= 0.6 is 11.8 Å². The van der Waals surface area contributed by atoms with Crippen LogP contribution in [0.15, 0.2) is 90.1 Å². The Bertz CT molecular complexity index is 1120. The molecule has 0 saturated heterocycles. The van der Waals surface area contributed by atoms with Gasteiger partial charge >= 0.3 is 0 Å². The Labute approximate surface area is 177 Å². The van der Waals surface area contributed by atoms with Crippen molar-refractivity contribution in [3.8, 4) is 11.4 Å². The molecule has 0 saturated carbocycles. The van der Waals surface area contributed by atoms with Crippen molar-refractivity contribution in [3.05, 3.63) is 102 Å². The van der Waals surface area contributed by atoms with Crippen molar-refractivity contribution < 1.29 is 13.9 Å². The van der Waals surface area contributed by atoms with Gasteiger partial charge in [-0.1, -0.05) is 48.2 Å². The fraction of sp³-hybridized carbons (Fsp3) is 0.0870. The molecule has 0 N–H and O–H groups in total. The van der Waals surface area contributed by atoms with Gasteiger partial charge in [0.05, 0.1) is 5.75 Å². The van der Waals surface area contributed by atoms with E-state index in [1.54, 1.807) is 0 Å². The fourth-order valence-electron chi connectivity index (χ4n) is 2.84. The SMILES string of the molecule is O=C(CSc1nnc(COc2ccccc2)n1-c1ccccc1)c1ccc(F)cc1. The van der Waals surface area contributed by atoms with Crippen LogP contribution in [0.1, 0.15) is 16.2 Å². The summed E-state index contributed by atoms with van der Waals surface area (Å²) in [7, 11) is 0. The zero-order valence-corrected chi connectivity index (χ0v) is 16.8. The Hall–Kier alpha value is -3.45. The van der Waals surface area contributed by atoms with Crippen LogP contribution in [0, 0.1) is 5.82 Å². The fourth-order valence-corrected chi connectivity index (χ4v) is 3.70. The van der Waals surface area contributed by atoms with Gasteiger partial charge < -0.3 is 4.74 Å². The molecule has 4 aromatic rings. The summed E-state index contributed by atoms with van der Waals surface area (Å²) in [5, 5.41) is 9.13. The summed E-state index contributed by atoms with van der Waals surface area (Å²) in [6.07, 6.45) is 0. The van der Waals surface area contributed by atoms with Crippen LogP contribution < -0.4 is 4.74 Å². The highest BCUT2D eigenvalue weighted by molar-refractivity contribution is 7.99. The number of Topliss-reactive ketones (excluding diaryl/α,β-unsaturated/α-hetero) is 1. The molecular formula is C23H18FN3O2S. The quantitative estimate of drug-likeness (QED) is 0.298. The monoisotopic (exact) mass is 419 g/mol. The molecule has 0 bridgehead atoms. The number of ketones is 1. The zero-order valence-electron chi connectivity index (χ0n) is 15.9. The molecule has 0 fully saturated rings. The molecule has 150 valence electrons. The van der Waals surface area contributed by atoms with Crippen molar-refractivity contribution >= 4 is 17.5 Å². The Morgan fingerprint density at radius 1 is 0.900 bits per heavy atom. The number of benzene rings is 3. The maximum Gasteiger partial charge on any atom is 0.196 e. The molecule has 0 atom stereocenters. The molecule has 0 aliphatic carbocycles. The number of hydrogen-bond acceptors (Lipinski definition) is 5. The molecule has 3 aromatic carbocycles. The predicted octanol–water partition coefficient (Wildman–Crippen LogP) is 4.96. The van der Waals surface area contributed by atoms with Gasteiger partial charge in [-0.2, -0.15) is 0 Å². The van der Waals surface area contributed by atoms with E-state index in [-0.39, 0.29) is 24.0 Å². The first-order valence-electron chi connectivity index (χ1n) is 9.30. The van der Waals surface area contributed by atoms with E-state index in [1.165, 1.54) is 36.0 Å². The molecule has 0 amide bonds. The van der Waals surface area contributed by atoms with Crippen LogP contribution in [-0.4, -0.2) is 26.3 Å². The molecule has 0 unspecified atom stereocenters. The molecule has 1 aromatic heterocycles. The average Bonchev–Trinajstić information content (AvgIpc) is 3.20.